The zero-order valence-electron chi connectivity index (χ0n) is 14.4. The molecule has 0 spiro atoms. The van der Waals surface area contributed by atoms with Gasteiger partial charge in [0.15, 0.2) is 6.10 Å². The number of fused-ring (bicyclic) bond motifs is 1. The molecule has 3 rings (SSSR count). The number of nitrogens with one attached hydrogen (secondary N) is 1. The van der Waals surface area contributed by atoms with Crippen molar-refractivity contribution in [1.82, 2.24) is 9.97 Å². The fourth-order valence-electron chi connectivity index (χ4n) is 2.60. The molecule has 2 aromatic carbocycles. The molecule has 1 aromatic heterocycles. The lowest BCUT2D eigenvalue weighted by atomic mass is 10.1. The Bertz CT molecular complexity index is 991. The van der Waals surface area contributed by atoms with Crippen LogP contribution in [-0.4, -0.2) is 22.2 Å². The van der Waals surface area contributed by atoms with Crippen LogP contribution >= 0.6 is 0 Å². The first-order valence-electron chi connectivity index (χ1n) is 7.96. The number of benzene rings is 2. The van der Waals surface area contributed by atoms with Crippen molar-refractivity contribution in [3.05, 3.63) is 48.0 Å². The monoisotopic (exact) mass is 380 g/mol. The van der Waals surface area contributed by atoms with E-state index in [1.807, 2.05) is 0 Å². The zero-order valence-corrected chi connectivity index (χ0v) is 14.4. The Balaban J connectivity index is 2.03. The van der Waals surface area contributed by atoms with Crippen LogP contribution in [-0.2, 0) is 0 Å². The Kier molecular flexibility index (Phi) is 4.77. The molecule has 3 N–H and O–H groups in total. The SMILES string of the molecule is Cc1cc(N)cc2ncnc(Nc3ccc(F)cc3O[C@H](C)C(F)(F)F)c12. The number of halogens is 4. The van der Waals surface area contributed by atoms with Crippen LogP contribution in [0.4, 0.5) is 34.8 Å². The maximum Gasteiger partial charge on any atom is 0.425 e. The summed E-state index contributed by atoms with van der Waals surface area (Å²) in [5.41, 5.74) is 7.83. The first kappa shape index (κ1) is 18.7. The molecule has 0 amide bonds. The van der Waals surface area contributed by atoms with E-state index in [0.29, 0.717) is 22.4 Å². The maximum absolute atomic E-state index is 13.6. The smallest absolute Gasteiger partial charge is 0.425 e. The first-order chi connectivity index (χ1) is 12.6. The van der Waals surface area contributed by atoms with Crippen molar-refractivity contribution in [1.29, 1.82) is 0 Å². The van der Waals surface area contributed by atoms with Crippen molar-refractivity contribution >= 4 is 28.1 Å². The molecule has 1 atom stereocenters. The highest BCUT2D eigenvalue weighted by molar-refractivity contribution is 5.95. The summed E-state index contributed by atoms with van der Waals surface area (Å²) >= 11 is 0. The van der Waals surface area contributed by atoms with E-state index in [2.05, 4.69) is 15.3 Å². The Morgan fingerprint density at radius 3 is 2.59 bits per heavy atom. The Morgan fingerprint density at radius 1 is 1.15 bits per heavy atom. The summed E-state index contributed by atoms with van der Waals surface area (Å²) in [6, 6.07) is 6.67. The van der Waals surface area contributed by atoms with Crippen molar-refractivity contribution in [3.8, 4) is 5.75 Å². The molecule has 0 aliphatic rings. The van der Waals surface area contributed by atoms with E-state index >= 15 is 0 Å². The van der Waals surface area contributed by atoms with Crippen molar-refractivity contribution in [2.75, 3.05) is 11.1 Å². The number of rotatable bonds is 4. The highest BCUT2D eigenvalue weighted by Gasteiger charge is 2.38. The minimum Gasteiger partial charge on any atom is -0.479 e. The molecule has 9 heteroatoms. The molecule has 142 valence electrons. The van der Waals surface area contributed by atoms with E-state index in [4.69, 9.17) is 10.5 Å². The number of anilines is 3. The second kappa shape index (κ2) is 6.90. The quantitative estimate of drug-likeness (QED) is 0.506. The molecule has 0 bridgehead atoms. The molecule has 0 fully saturated rings. The number of nitrogens with zero attached hydrogens (tertiary/aromatic N) is 2. The molecule has 1 heterocycles. The van der Waals surface area contributed by atoms with Crippen LogP contribution in [0.2, 0.25) is 0 Å². The maximum atomic E-state index is 13.6. The average molecular weight is 380 g/mol. The third-order valence-electron chi connectivity index (χ3n) is 3.92. The lowest BCUT2D eigenvalue weighted by Crippen LogP contribution is -2.31. The molecular weight excluding hydrogens is 364 g/mol. The van der Waals surface area contributed by atoms with Crippen LogP contribution < -0.4 is 15.8 Å². The van der Waals surface area contributed by atoms with Gasteiger partial charge < -0.3 is 15.8 Å². The minimum atomic E-state index is -4.58. The van der Waals surface area contributed by atoms with Crippen LogP contribution in [0.15, 0.2) is 36.7 Å². The number of hydrogen-bond donors (Lipinski definition) is 2. The molecular formula is C18H16F4N4O. The van der Waals surface area contributed by atoms with Crippen molar-refractivity contribution in [3.63, 3.8) is 0 Å². The van der Waals surface area contributed by atoms with Gasteiger partial charge >= 0.3 is 6.18 Å². The van der Waals surface area contributed by atoms with E-state index in [9.17, 15) is 17.6 Å². The van der Waals surface area contributed by atoms with Gasteiger partial charge in [-0.15, -0.1) is 0 Å². The zero-order chi connectivity index (χ0) is 19.8. The molecule has 0 unspecified atom stereocenters. The standard InChI is InChI=1S/C18H16F4N4O/c1-9-5-12(23)7-14-16(9)17(25-8-24-14)26-13-4-3-11(19)6-15(13)27-10(2)18(20,21)22/h3-8,10H,23H2,1-2H3,(H,24,25,26)/t10-/m1/s1. The Labute approximate surface area is 152 Å². The number of aryl methyl sites for hydroxylation is 1. The van der Waals surface area contributed by atoms with Gasteiger partial charge in [0.2, 0.25) is 0 Å². The van der Waals surface area contributed by atoms with Gasteiger partial charge in [-0.2, -0.15) is 13.2 Å². The third kappa shape index (κ3) is 4.02. The number of aromatic nitrogens is 2. The van der Waals surface area contributed by atoms with Crippen LogP contribution in [0.3, 0.4) is 0 Å². The predicted molar refractivity (Wildman–Crippen MR) is 94.5 cm³/mol. The number of nitrogens with two attached hydrogens (primary N) is 1. The number of hydrogen-bond acceptors (Lipinski definition) is 5. The second-order valence-corrected chi connectivity index (χ2v) is 6.02. The van der Waals surface area contributed by atoms with Crippen molar-refractivity contribution in [2.24, 2.45) is 0 Å². The van der Waals surface area contributed by atoms with E-state index in [1.54, 1.807) is 19.1 Å². The summed E-state index contributed by atoms with van der Waals surface area (Å²) < 4.78 is 57.0. The minimum absolute atomic E-state index is 0.142. The topological polar surface area (TPSA) is 73.1 Å². The lowest BCUT2D eigenvalue weighted by Gasteiger charge is -2.20. The molecule has 0 saturated heterocycles. The van der Waals surface area contributed by atoms with Crippen LogP contribution in [0.5, 0.6) is 5.75 Å². The first-order valence-corrected chi connectivity index (χ1v) is 7.96. The largest absolute Gasteiger partial charge is 0.479 e. The van der Waals surface area contributed by atoms with Crippen LogP contribution in [0.25, 0.3) is 10.9 Å². The Hall–Kier alpha value is -3.10. The van der Waals surface area contributed by atoms with E-state index in [-0.39, 0.29) is 11.4 Å². The van der Waals surface area contributed by atoms with Crippen molar-refractivity contribution in [2.45, 2.75) is 26.1 Å². The number of alkyl halides is 3. The average Bonchev–Trinajstić information content (AvgIpc) is 2.56. The van der Waals surface area contributed by atoms with Gasteiger partial charge in [0, 0.05) is 17.1 Å². The molecule has 0 aliphatic carbocycles. The van der Waals surface area contributed by atoms with Crippen LogP contribution in [0.1, 0.15) is 12.5 Å². The molecule has 3 aromatic rings. The summed E-state index contributed by atoms with van der Waals surface area (Å²) in [6.45, 7) is 2.66. The fourth-order valence-corrected chi connectivity index (χ4v) is 2.60. The Morgan fingerprint density at radius 2 is 1.89 bits per heavy atom. The molecule has 0 saturated carbocycles. The summed E-state index contributed by atoms with van der Waals surface area (Å²) in [5.74, 6) is -0.658. The summed E-state index contributed by atoms with van der Waals surface area (Å²) in [6.07, 6.45) is -5.39. The fraction of sp³-hybridized carbons (Fsp3) is 0.222. The van der Waals surface area contributed by atoms with Gasteiger partial charge in [0.25, 0.3) is 0 Å². The van der Waals surface area contributed by atoms with Gasteiger partial charge in [0.05, 0.1) is 11.2 Å². The lowest BCUT2D eigenvalue weighted by molar-refractivity contribution is -0.189. The summed E-state index contributed by atoms with van der Waals surface area (Å²) in [5, 5.41) is 3.55. The molecule has 0 aliphatic heterocycles. The molecule has 27 heavy (non-hydrogen) atoms. The highest BCUT2D eigenvalue weighted by atomic mass is 19.4. The van der Waals surface area contributed by atoms with Crippen molar-refractivity contribution < 1.29 is 22.3 Å². The van der Waals surface area contributed by atoms with Crippen LogP contribution in [0, 0.1) is 12.7 Å². The van der Waals surface area contributed by atoms with E-state index in [0.717, 1.165) is 24.6 Å². The second-order valence-electron chi connectivity index (χ2n) is 6.02. The van der Waals surface area contributed by atoms with Gasteiger partial charge in [0.1, 0.15) is 23.7 Å². The van der Waals surface area contributed by atoms with Gasteiger partial charge in [-0.25, -0.2) is 14.4 Å². The summed E-state index contributed by atoms with van der Waals surface area (Å²) in [7, 11) is 0. The van der Waals surface area contributed by atoms with Gasteiger partial charge in [-0.05, 0) is 43.7 Å². The van der Waals surface area contributed by atoms with Gasteiger partial charge in [-0.1, -0.05) is 0 Å². The predicted octanol–water partition coefficient (Wildman–Crippen LogP) is 4.73. The third-order valence-corrected chi connectivity index (χ3v) is 3.92. The van der Waals surface area contributed by atoms with Gasteiger partial charge in [-0.3, -0.25) is 0 Å². The summed E-state index contributed by atoms with van der Waals surface area (Å²) in [4.78, 5) is 8.30. The van der Waals surface area contributed by atoms with E-state index in [1.165, 1.54) is 12.4 Å². The normalized spacial score (nSPS) is 12.8. The molecule has 0 radical (unpaired) electrons. The van der Waals surface area contributed by atoms with E-state index < -0.39 is 18.1 Å². The number of ether oxygens (including phenoxy) is 1. The number of nitrogen functional groups attached to an aromatic ring is 1. The highest BCUT2D eigenvalue weighted by Crippen LogP contribution is 2.34. The molecule has 5 nitrogen and oxygen atoms in total.